The fourth-order valence-electron chi connectivity index (χ4n) is 2.44. The van der Waals surface area contributed by atoms with Crippen molar-refractivity contribution in [3.05, 3.63) is 23.9 Å². The molecule has 0 radical (unpaired) electrons. The third-order valence-electron chi connectivity index (χ3n) is 3.58. The van der Waals surface area contributed by atoms with E-state index in [1.54, 1.807) is 6.07 Å². The highest BCUT2D eigenvalue weighted by Crippen LogP contribution is 2.20. The zero-order valence-corrected chi connectivity index (χ0v) is 13.4. The summed E-state index contributed by atoms with van der Waals surface area (Å²) in [4.78, 5) is 16.6. The Labute approximate surface area is 127 Å². The average Bonchev–Trinajstić information content (AvgIpc) is 2.43. The van der Waals surface area contributed by atoms with Gasteiger partial charge < -0.3 is 5.32 Å². The highest BCUT2D eigenvalue weighted by molar-refractivity contribution is 5.91. The fourth-order valence-corrected chi connectivity index (χ4v) is 2.44. The second-order valence-electron chi connectivity index (χ2n) is 5.60. The molecule has 0 aliphatic carbocycles. The minimum absolute atomic E-state index is 0.0429. The summed E-state index contributed by atoms with van der Waals surface area (Å²) in [5, 5.41) is 2.85. The van der Waals surface area contributed by atoms with E-state index in [2.05, 4.69) is 10.3 Å². The van der Waals surface area contributed by atoms with Gasteiger partial charge in [0.1, 0.15) is 12.0 Å². The monoisotopic (exact) mass is 294 g/mol. The predicted molar refractivity (Wildman–Crippen MR) is 85.0 cm³/mol. The Morgan fingerprint density at radius 1 is 1.19 bits per heavy atom. The Morgan fingerprint density at radius 2 is 1.90 bits per heavy atom. The van der Waals surface area contributed by atoms with Crippen molar-refractivity contribution in [1.82, 2.24) is 4.98 Å². The number of aromatic nitrogens is 1. The first-order chi connectivity index (χ1) is 10.1. The quantitative estimate of drug-likeness (QED) is 0.719. The lowest BCUT2D eigenvalue weighted by Gasteiger charge is -2.17. The summed E-state index contributed by atoms with van der Waals surface area (Å²) in [6.45, 7) is 5.91. The molecule has 118 valence electrons. The van der Waals surface area contributed by atoms with Crippen molar-refractivity contribution in [3.8, 4) is 0 Å². The largest absolute Gasteiger partial charge is 0.310 e. The van der Waals surface area contributed by atoms with Gasteiger partial charge in [0.25, 0.3) is 0 Å². The van der Waals surface area contributed by atoms with Crippen LogP contribution in [0.5, 0.6) is 0 Å². The highest BCUT2D eigenvalue weighted by Gasteiger charge is 2.19. The molecule has 0 saturated heterocycles. The highest BCUT2D eigenvalue weighted by atomic mass is 19.1. The van der Waals surface area contributed by atoms with Crippen molar-refractivity contribution >= 4 is 11.7 Å². The number of pyridine rings is 1. The first-order valence-corrected chi connectivity index (χ1v) is 7.95. The summed E-state index contributed by atoms with van der Waals surface area (Å²) >= 11 is 0. The van der Waals surface area contributed by atoms with Crippen LogP contribution in [0.25, 0.3) is 0 Å². The molecule has 0 aromatic carbocycles. The van der Waals surface area contributed by atoms with Gasteiger partial charge in [0.05, 0.1) is 0 Å². The van der Waals surface area contributed by atoms with Crippen molar-refractivity contribution in [3.63, 3.8) is 0 Å². The van der Waals surface area contributed by atoms with Crippen LogP contribution in [-0.4, -0.2) is 17.1 Å². The zero-order valence-electron chi connectivity index (χ0n) is 13.4. The Bertz CT molecular complexity index is 437. The van der Waals surface area contributed by atoms with Gasteiger partial charge in [-0.25, -0.2) is 9.37 Å². The molecule has 1 amide bonds. The molecule has 0 aliphatic heterocycles. The number of hydrogen-bond donors (Lipinski definition) is 1. The Hall–Kier alpha value is -1.45. The van der Waals surface area contributed by atoms with Gasteiger partial charge in [-0.05, 0) is 44.7 Å². The maximum Gasteiger partial charge on any atom is 0.228 e. The van der Waals surface area contributed by atoms with E-state index in [9.17, 15) is 9.18 Å². The number of carbonyl (C=O) groups is 1. The van der Waals surface area contributed by atoms with Crippen LogP contribution in [-0.2, 0) is 4.79 Å². The maximum absolute atomic E-state index is 13.6. The van der Waals surface area contributed by atoms with Gasteiger partial charge in [-0.15, -0.1) is 0 Å². The van der Waals surface area contributed by atoms with Gasteiger partial charge >= 0.3 is 0 Å². The molecule has 1 heterocycles. The van der Waals surface area contributed by atoms with E-state index in [1.165, 1.54) is 0 Å². The van der Waals surface area contributed by atoms with Crippen LogP contribution >= 0.6 is 0 Å². The smallest absolute Gasteiger partial charge is 0.228 e. The van der Waals surface area contributed by atoms with E-state index in [-0.39, 0.29) is 11.8 Å². The van der Waals surface area contributed by atoms with E-state index in [4.69, 9.17) is 0 Å². The zero-order chi connectivity index (χ0) is 15.7. The number of hydrogen-bond acceptors (Lipinski definition) is 2. The lowest BCUT2D eigenvalue weighted by Crippen LogP contribution is -2.24. The standard InChI is InChI=1S/C17H27FN2O/c1-4-7-14(11-12-15(18)8-5-2)17(21)20-16-10-6-9-13(3)19-16/h6,9-10,14-15H,4-5,7-8,11-12H2,1-3H3,(H,19,20,21). The van der Waals surface area contributed by atoms with Crippen LogP contribution in [0.15, 0.2) is 18.2 Å². The third kappa shape index (κ3) is 6.69. The summed E-state index contributed by atoms with van der Waals surface area (Å²) in [5.74, 6) is 0.400. The topological polar surface area (TPSA) is 42.0 Å². The van der Waals surface area contributed by atoms with E-state index in [0.29, 0.717) is 25.1 Å². The lowest BCUT2D eigenvalue weighted by molar-refractivity contribution is -0.120. The molecule has 3 nitrogen and oxygen atoms in total. The number of halogens is 1. The van der Waals surface area contributed by atoms with Crippen molar-refractivity contribution in [2.45, 2.75) is 65.5 Å². The SMILES string of the molecule is CCCC(F)CCC(CCC)C(=O)Nc1cccc(C)n1. The molecule has 0 aliphatic rings. The van der Waals surface area contributed by atoms with E-state index < -0.39 is 6.17 Å². The number of anilines is 1. The van der Waals surface area contributed by atoms with Crippen LogP contribution in [0.3, 0.4) is 0 Å². The number of nitrogens with zero attached hydrogens (tertiary/aromatic N) is 1. The van der Waals surface area contributed by atoms with Crippen LogP contribution in [0.4, 0.5) is 10.2 Å². The van der Waals surface area contributed by atoms with E-state index >= 15 is 0 Å². The van der Waals surface area contributed by atoms with Gasteiger partial charge in [0, 0.05) is 11.6 Å². The molecule has 0 saturated carbocycles. The summed E-state index contributed by atoms with van der Waals surface area (Å²) < 4.78 is 13.6. The van der Waals surface area contributed by atoms with Crippen LogP contribution in [0.1, 0.15) is 58.1 Å². The molecular weight excluding hydrogens is 267 g/mol. The number of nitrogens with one attached hydrogen (secondary N) is 1. The van der Waals surface area contributed by atoms with Crippen molar-refractivity contribution in [2.24, 2.45) is 5.92 Å². The van der Waals surface area contributed by atoms with Gasteiger partial charge in [-0.1, -0.05) is 32.8 Å². The third-order valence-corrected chi connectivity index (χ3v) is 3.58. The lowest BCUT2D eigenvalue weighted by atomic mass is 9.94. The predicted octanol–water partition coefficient (Wildman–Crippen LogP) is 4.66. The minimum Gasteiger partial charge on any atom is -0.310 e. The molecule has 1 aromatic heterocycles. The second kappa shape index (κ2) is 9.48. The number of rotatable bonds is 9. The molecule has 2 unspecified atom stereocenters. The molecule has 0 fully saturated rings. The van der Waals surface area contributed by atoms with E-state index in [0.717, 1.165) is 25.0 Å². The molecule has 4 heteroatoms. The molecule has 0 spiro atoms. The Balaban J connectivity index is 2.56. The summed E-state index contributed by atoms with van der Waals surface area (Å²) in [6.07, 6.45) is 3.42. The van der Waals surface area contributed by atoms with Crippen LogP contribution < -0.4 is 5.32 Å². The molecule has 1 N–H and O–H groups in total. The first-order valence-electron chi connectivity index (χ1n) is 7.95. The molecule has 1 aromatic rings. The maximum atomic E-state index is 13.6. The first kappa shape index (κ1) is 17.6. The van der Waals surface area contributed by atoms with Crippen LogP contribution in [0.2, 0.25) is 0 Å². The van der Waals surface area contributed by atoms with Gasteiger partial charge in [-0.2, -0.15) is 0 Å². The van der Waals surface area contributed by atoms with Crippen molar-refractivity contribution in [2.75, 3.05) is 5.32 Å². The number of alkyl halides is 1. The normalized spacial score (nSPS) is 13.7. The number of aryl methyl sites for hydroxylation is 1. The Kier molecular flexibility index (Phi) is 7.95. The second-order valence-corrected chi connectivity index (χ2v) is 5.60. The number of amides is 1. The van der Waals surface area contributed by atoms with Gasteiger partial charge in [-0.3, -0.25) is 4.79 Å². The summed E-state index contributed by atoms with van der Waals surface area (Å²) in [6, 6.07) is 5.53. The van der Waals surface area contributed by atoms with Gasteiger partial charge in [0.15, 0.2) is 0 Å². The van der Waals surface area contributed by atoms with E-state index in [1.807, 2.05) is 32.9 Å². The molecule has 21 heavy (non-hydrogen) atoms. The summed E-state index contributed by atoms with van der Waals surface area (Å²) in [5.41, 5.74) is 0.867. The fraction of sp³-hybridized carbons (Fsp3) is 0.647. The average molecular weight is 294 g/mol. The van der Waals surface area contributed by atoms with Crippen molar-refractivity contribution in [1.29, 1.82) is 0 Å². The Morgan fingerprint density at radius 3 is 2.52 bits per heavy atom. The number of carbonyl (C=O) groups excluding carboxylic acids is 1. The van der Waals surface area contributed by atoms with Gasteiger partial charge in [0.2, 0.25) is 5.91 Å². The molecule has 0 bridgehead atoms. The molecule has 2 atom stereocenters. The summed E-state index contributed by atoms with van der Waals surface area (Å²) in [7, 11) is 0. The van der Waals surface area contributed by atoms with Crippen molar-refractivity contribution < 1.29 is 9.18 Å². The minimum atomic E-state index is -0.792. The molecular formula is C17H27FN2O. The molecule has 1 rings (SSSR count). The van der Waals surface area contributed by atoms with Crippen LogP contribution in [0, 0.1) is 12.8 Å².